The van der Waals surface area contributed by atoms with Crippen LogP contribution in [0.3, 0.4) is 0 Å². The Morgan fingerprint density at radius 3 is 2.70 bits per heavy atom. The molecule has 0 aliphatic rings. The van der Waals surface area contributed by atoms with Crippen molar-refractivity contribution in [3.8, 4) is 0 Å². The van der Waals surface area contributed by atoms with Crippen molar-refractivity contribution in [3.63, 3.8) is 0 Å². The van der Waals surface area contributed by atoms with Gasteiger partial charge in [0.25, 0.3) is 0 Å². The molecule has 0 saturated carbocycles. The molecule has 0 spiro atoms. The second-order valence-corrected chi connectivity index (χ2v) is 2.10. The summed E-state index contributed by atoms with van der Waals surface area (Å²) >= 11 is 0. The van der Waals surface area contributed by atoms with Gasteiger partial charge in [0.15, 0.2) is 0 Å². The fourth-order valence-corrected chi connectivity index (χ4v) is 0.789. The van der Waals surface area contributed by atoms with E-state index in [0.29, 0.717) is 0 Å². The highest BCUT2D eigenvalue weighted by Crippen LogP contribution is 2.14. The number of hydrogen-bond donors (Lipinski definition) is 1. The van der Waals surface area contributed by atoms with Crippen LogP contribution in [-0.2, 0) is 0 Å². The summed E-state index contributed by atoms with van der Waals surface area (Å²) in [4.78, 5) is 0. The van der Waals surface area contributed by atoms with Gasteiger partial charge in [-0.3, -0.25) is 0 Å². The third kappa shape index (κ3) is 1.26. The Morgan fingerprint density at radius 1 is 1.50 bits per heavy atom. The quantitative estimate of drug-likeness (QED) is 0.585. The van der Waals surface area contributed by atoms with E-state index >= 15 is 0 Å². The molecule has 0 aliphatic heterocycles. The molecule has 10 heavy (non-hydrogen) atoms. The molecule has 1 aromatic carbocycles. The summed E-state index contributed by atoms with van der Waals surface area (Å²) in [6.45, 7) is 1.79. The Kier molecular flexibility index (Phi) is 1.90. The third-order valence-corrected chi connectivity index (χ3v) is 1.34. The summed E-state index contributed by atoms with van der Waals surface area (Å²) in [5, 5.41) is 2.46. The molecule has 1 nitrogen and oxygen atoms in total. The normalized spacial score (nSPS) is 9.50. The summed E-state index contributed by atoms with van der Waals surface area (Å²) in [6, 6.07) is 4.39. The third-order valence-electron chi connectivity index (χ3n) is 1.34. The van der Waals surface area contributed by atoms with Crippen LogP contribution in [0.15, 0.2) is 18.2 Å². The van der Waals surface area contributed by atoms with Crippen LogP contribution in [0.5, 0.6) is 0 Å². The van der Waals surface area contributed by atoms with E-state index in [1.54, 1.807) is 13.0 Å². The lowest BCUT2D eigenvalue weighted by molar-refractivity contribution is 0.627. The van der Waals surface area contributed by atoms with Crippen molar-refractivity contribution in [3.05, 3.63) is 36.6 Å². The molecule has 2 heteroatoms. The molecule has 0 amide bonds. The standard InChI is InChI=1S/C8H8FN/c1-6-5-7(9)3-4-8(6)10-2/h2-5,10H,1H3. The first-order valence-corrected chi connectivity index (χ1v) is 2.97. The predicted molar refractivity (Wildman–Crippen MR) is 39.1 cm³/mol. The Bertz CT molecular complexity index is 233. The van der Waals surface area contributed by atoms with Crippen LogP contribution < -0.4 is 5.32 Å². The van der Waals surface area contributed by atoms with Crippen LogP contribution in [0.2, 0.25) is 0 Å². The van der Waals surface area contributed by atoms with Crippen molar-refractivity contribution in [1.82, 2.24) is 0 Å². The SMILES string of the molecule is [CH]Nc1ccc(F)cc1C. The minimum Gasteiger partial charge on any atom is -0.378 e. The monoisotopic (exact) mass is 137 g/mol. The topological polar surface area (TPSA) is 12.0 Å². The van der Waals surface area contributed by atoms with E-state index in [9.17, 15) is 4.39 Å². The van der Waals surface area contributed by atoms with Gasteiger partial charge in [0.05, 0.1) is 7.05 Å². The largest absolute Gasteiger partial charge is 0.378 e. The minimum atomic E-state index is -0.239. The van der Waals surface area contributed by atoms with Crippen LogP contribution in [0.4, 0.5) is 10.1 Å². The van der Waals surface area contributed by atoms with Crippen LogP contribution in [-0.4, -0.2) is 0 Å². The van der Waals surface area contributed by atoms with E-state index in [4.69, 9.17) is 7.05 Å². The highest BCUT2D eigenvalue weighted by Gasteiger charge is 1.95. The number of rotatable bonds is 1. The summed E-state index contributed by atoms with van der Waals surface area (Å²) < 4.78 is 12.4. The van der Waals surface area contributed by atoms with E-state index in [-0.39, 0.29) is 5.82 Å². The molecule has 1 N–H and O–H groups in total. The van der Waals surface area contributed by atoms with Gasteiger partial charge in [-0.05, 0) is 30.7 Å². The van der Waals surface area contributed by atoms with Crippen LogP contribution in [0, 0.1) is 19.8 Å². The summed E-state index contributed by atoms with van der Waals surface area (Å²) in [7, 11) is 5.13. The zero-order valence-corrected chi connectivity index (χ0v) is 5.69. The molecule has 0 unspecified atom stereocenters. The van der Waals surface area contributed by atoms with Gasteiger partial charge in [-0.2, -0.15) is 0 Å². The van der Waals surface area contributed by atoms with Gasteiger partial charge in [-0.15, -0.1) is 0 Å². The molecule has 0 heterocycles. The summed E-state index contributed by atoms with van der Waals surface area (Å²) in [6.07, 6.45) is 0. The summed E-state index contributed by atoms with van der Waals surface area (Å²) in [5.41, 5.74) is 1.56. The Hall–Kier alpha value is -1.05. The maximum absolute atomic E-state index is 12.4. The number of benzene rings is 1. The van der Waals surface area contributed by atoms with Crippen molar-refractivity contribution in [2.24, 2.45) is 0 Å². The van der Waals surface area contributed by atoms with E-state index in [1.807, 2.05) is 0 Å². The highest BCUT2D eigenvalue weighted by molar-refractivity contribution is 5.50. The molecular formula is C8H8FN. The number of halogens is 1. The lowest BCUT2D eigenvalue weighted by Gasteiger charge is -2.02. The van der Waals surface area contributed by atoms with E-state index in [1.165, 1.54) is 12.1 Å². The zero-order chi connectivity index (χ0) is 7.56. The molecule has 0 aromatic heterocycles. The lowest BCUT2D eigenvalue weighted by Crippen LogP contribution is -1.88. The number of anilines is 1. The first-order valence-electron chi connectivity index (χ1n) is 2.97. The van der Waals surface area contributed by atoms with Crippen LogP contribution >= 0.6 is 0 Å². The first-order chi connectivity index (χ1) is 4.74. The Labute approximate surface area is 59.9 Å². The zero-order valence-electron chi connectivity index (χ0n) is 5.69. The number of nitrogens with one attached hydrogen (secondary N) is 1. The number of hydrogen-bond acceptors (Lipinski definition) is 1. The molecule has 0 bridgehead atoms. The molecule has 0 fully saturated rings. The van der Waals surface area contributed by atoms with Crippen molar-refractivity contribution < 1.29 is 4.39 Å². The second kappa shape index (κ2) is 2.69. The van der Waals surface area contributed by atoms with Gasteiger partial charge in [0.1, 0.15) is 5.82 Å². The fourth-order valence-electron chi connectivity index (χ4n) is 0.789. The van der Waals surface area contributed by atoms with Gasteiger partial charge < -0.3 is 5.32 Å². The average molecular weight is 137 g/mol. The maximum atomic E-state index is 12.4. The fraction of sp³-hybridized carbons (Fsp3) is 0.125. The molecule has 0 aliphatic carbocycles. The van der Waals surface area contributed by atoms with E-state index in [0.717, 1.165) is 11.3 Å². The highest BCUT2D eigenvalue weighted by atomic mass is 19.1. The lowest BCUT2D eigenvalue weighted by atomic mass is 10.2. The average Bonchev–Trinajstić information content (AvgIpc) is 1.88. The Balaban J connectivity index is 3.07. The molecule has 2 radical (unpaired) electrons. The molecule has 1 aromatic rings. The Morgan fingerprint density at radius 2 is 2.20 bits per heavy atom. The molecule has 0 saturated heterocycles. The predicted octanol–water partition coefficient (Wildman–Crippen LogP) is 2.21. The van der Waals surface area contributed by atoms with Gasteiger partial charge in [-0.1, -0.05) is 0 Å². The smallest absolute Gasteiger partial charge is 0.123 e. The second-order valence-electron chi connectivity index (χ2n) is 2.10. The van der Waals surface area contributed by atoms with Crippen molar-refractivity contribution >= 4 is 5.69 Å². The van der Waals surface area contributed by atoms with Gasteiger partial charge in [0, 0.05) is 5.69 Å². The van der Waals surface area contributed by atoms with Gasteiger partial charge >= 0.3 is 0 Å². The molecule has 52 valence electrons. The first kappa shape index (κ1) is 7.06. The van der Waals surface area contributed by atoms with Crippen LogP contribution in [0.25, 0.3) is 0 Å². The van der Waals surface area contributed by atoms with Crippen molar-refractivity contribution in [1.29, 1.82) is 0 Å². The van der Waals surface area contributed by atoms with Gasteiger partial charge in [0.2, 0.25) is 0 Å². The molecule has 1 rings (SSSR count). The van der Waals surface area contributed by atoms with Gasteiger partial charge in [-0.25, -0.2) is 4.39 Å². The van der Waals surface area contributed by atoms with Crippen molar-refractivity contribution in [2.75, 3.05) is 5.32 Å². The van der Waals surface area contributed by atoms with E-state index < -0.39 is 0 Å². The molecule has 0 atom stereocenters. The van der Waals surface area contributed by atoms with Crippen molar-refractivity contribution in [2.45, 2.75) is 6.92 Å². The number of aryl methyl sites for hydroxylation is 1. The maximum Gasteiger partial charge on any atom is 0.123 e. The summed E-state index contributed by atoms with van der Waals surface area (Å²) in [5.74, 6) is -0.239. The molecular weight excluding hydrogens is 129 g/mol. The van der Waals surface area contributed by atoms with E-state index in [2.05, 4.69) is 5.32 Å². The minimum absolute atomic E-state index is 0.239. The van der Waals surface area contributed by atoms with Crippen LogP contribution in [0.1, 0.15) is 5.56 Å².